The molecular formula is C11H11Cl2N3O. The van der Waals surface area contributed by atoms with Crippen LogP contribution in [-0.2, 0) is 6.54 Å². The van der Waals surface area contributed by atoms with E-state index in [4.69, 9.17) is 34.0 Å². The van der Waals surface area contributed by atoms with Gasteiger partial charge in [-0.25, -0.2) is 4.68 Å². The van der Waals surface area contributed by atoms with Crippen LogP contribution in [0.3, 0.4) is 0 Å². The second-order valence-electron chi connectivity index (χ2n) is 3.56. The molecule has 0 aliphatic heterocycles. The summed E-state index contributed by atoms with van der Waals surface area (Å²) >= 11 is 11.8. The zero-order valence-corrected chi connectivity index (χ0v) is 10.4. The van der Waals surface area contributed by atoms with Crippen LogP contribution in [0.25, 0.3) is 11.3 Å². The molecule has 3 N–H and O–H groups in total. The Morgan fingerprint density at radius 3 is 2.41 bits per heavy atom. The molecule has 17 heavy (non-hydrogen) atoms. The monoisotopic (exact) mass is 271 g/mol. The van der Waals surface area contributed by atoms with Gasteiger partial charge in [0.1, 0.15) is 5.82 Å². The minimum atomic E-state index is -0.0123. The molecule has 0 atom stereocenters. The van der Waals surface area contributed by atoms with Gasteiger partial charge in [-0.1, -0.05) is 23.2 Å². The summed E-state index contributed by atoms with van der Waals surface area (Å²) in [7, 11) is 0. The highest BCUT2D eigenvalue weighted by atomic mass is 35.5. The summed E-state index contributed by atoms with van der Waals surface area (Å²) in [6, 6.07) is 6.90. The number of hydrogen-bond acceptors (Lipinski definition) is 3. The number of aliphatic hydroxyl groups is 1. The third-order valence-electron chi connectivity index (χ3n) is 2.28. The minimum Gasteiger partial charge on any atom is -0.394 e. The Bertz CT molecular complexity index is 519. The lowest BCUT2D eigenvalue weighted by Gasteiger charge is -2.00. The third-order valence-corrected chi connectivity index (χ3v) is 2.72. The van der Waals surface area contributed by atoms with Crippen LogP contribution in [-0.4, -0.2) is 21.5 Å². The Kier molecular flexibility index (Phi) is 3.57. The molecule has 0 bridgehead atoms. The number of nitrogens with zero attached hydrogens (tertiary/aromatic N) is 2. The highest BCUT2D eigenvalue weighted by molar-refractivity contribution is 6.35. The smallest absolute Gasteiger partial charge is 0.122 e. The first-order valence-electron chi connectivity index (χ1n) is 5.01. The van der Waals surface area contributed by atoms with Crippen molar-refractivity contribution in [3.05, 3.63) is 34.3 Å². The Balaban J connectivity index is 2.42. The van der Waals surface area contributed by atoms with Gasteiger partial charge in [0.2, 0.25) is 0 Å². The molecule has 4 nitrogen and oxygen atoms in total. The summed E-state index contributed by atoms with van der Waals surface area (Å²) in [5.41, 5.74) is 7.24. The van der Waals surface area contributed by atoms with Crippen LogP contribution in [0, 0.1) is 0 Å². The van der Waals surface area contributed by atoms with Crippen molar-refractivity contribution < 1.29 is 5.11 Å². The van der Waals surface area contributed by atoms with Gasteiger partial charge in [0.25, 0.3) is 0 Å². The van der Waals surface area contributed by atoms with Crippen molar-refractivity contribution in [2.24, 2.45) is 0 Å². The van der Waals surface area contributed by atoms with Gasteiger partial charge in [-0.2, -0.15) is 5.10 Å². The second kappa shape index (κ2) is 4.96. The van der Waals surface area contributed by atoms with Crippen LogP contribution in [0.15, 0.2) is 24.3 Å². The zero-order valence-electron chi connectivity index (χ0n) is 8.90. The fraction of sp³-hybridized carbons (Fsp3) is 0.182. The third kappa shape index (κ3) is 2.72. The fourth-order valence-corrected chi connectivity index (χ4v) is 2.07. The van der Waals surface area contributed by atoms with Crippen molar-refractivity contribution in [3.8, 4) is 11.3 Å². The first kappa shape index (κ1) is 12.2. The molecule has 0 spiro atoms. The highest BCUT2D eigenvalue weighted by Crippen LogP contribution is 2.27. The normalized spacial score (nSPS) is 10.8. The van der Waals surface area contributed by atoms with Crippen molar-refractivity contribution >= 4 is 29.0 Å². The van der Waals surface area contributed by atoms with Gasteiger partial charge in [-0.05, 0) is 18.2 Å². The van der Waals surface area contributed by atoms with Crippen LogP contribution in [0.2, 0.25) is 10.0 Å². The average molecular weight is 272 g/mol. The summed E-state index contributed by atoms with van der Waals surface area (Å²) in [5.74, 6) is 0.491. The first-order valence-corrected chi connectivity index (χ1v) is 5.76. The van der Waals surface area contributed by atoms with Gasteiger partial charge in [0.15, 0.2) is 0 Å². The number of rotatable bonds is 3. The highest BCUT2D eigenvalue weighted by Gasteiger charge is 2.08. The van der Waals surface area contributed by atoms with Crippen molar-refractivity contribution in [2.75, 3.05) is 12.3 Å². The maximum absolute atomic E-state index is 8.85. The van der Waals surface area contributed by atoms with Gasteiger partial charge >= 0.3 is 0 Å². The summed E-state index contributed by atoms with van der Waals surface area (Å²) < 4.78 is 1.53. The summed E-state index contributed by atoms with van der Waals surface area (Å²) in [6.07, 6.45) is 0. The maximum atomic E-state index is 8.85. The lowest BCUT2D eigenvalue weighted by molar-refractivity contribution is 0.270. The SMILES string of the molecule is Nc1cc(-c2cc(Cl)cc(Cl)c2)nn1CCO. The number of nitrogen functional groups attached to an aromatic ring is 1. The van der Waals surface area contributed by atoms with Crippen LogP contribution in [0.4, 0.5) is 5.82 Å². The van der Waals surface area contributed by atoms with Gasteiger partial charge in [0, 0.05) is 21.7 Å². The topological polar surface area (TPSA) is 64.1 Å². The fourth-order valence-electron chi connectivity index (χ4n) is 1.55. The standard InChI is InChI=1S/C11H11Cl2N3O/c12-8-3-7(4-9(13)5-8)10-6-11(14)16(15-10)1-2-17/h3-6,17H,1-2,14H2. The van der Waals surface area contributed by atoms with Crippen LogP contribution >= 0.6 is 23.2 Å². The van der Waals surface area contributed by atoms with Crippen molar-refractivity contribution in [1.82, 2.24) is 9.78 Å². The van der Waals surface area contributed by atoms with E-state index in [0.717, 1.165) is 5.56 Å². The number of anilines is 1. The summed E-state index contributed by atoms with van der Waals surface area (Å²) in [5, 5.41) is 14.2. The maximum Gasteiger partial charge on any atom is 0.122 e. The molecule has 0 unspecified atom stereocenters. The molecule has 0 aliphatic rings. The van der Waals surface area contributed by atoms with Crippen LogP contribution in [0.1, 0.15) is 0 Å². The molecule has 6 heteroatoms. The van der Waals surface area contributed by atoms with Gasteiger partial charge in [-0.3, -0.25) is 0 Å². The van der Waals surface area contributed by atoms with Gasteiger partial charge in [-0.15, -0.1) is 0 Å². The summed E-state index contributed by atoms with van der Waals surface area (Å²) in [6.45, 7) is 0.349. The van der Waals surface area contributed by atoms with Crippen LogP contribution in [0.5, 0.6) is 0 Å². The van der Waals surface area contributed by atoms with E-state index >= 15 is 0 Å². The first-order chi connectivity index (χ1) is 8.10. The van der Waals surface area contributed by atoms with E-state index in [1.54, 1.807) is 24.3 Å². The van der Waals surface area contributed by atoms with E-state index in [2.05, 4.69) is 5.10 Å². The largest absolute Gasteiger partial charge is 0.394 e. The molecule has 0 aliphatic carbocycles. The molecule has 90 valence electrons. The second-order valence-corrected chi connectivity index (χ2v) is 4.43. The Labute approximate surface area is 109 Å². The van der Waals surface area contributed by atoms with Crippen LogP contribution < -0.4 is 5.73 Å². The molecule has 1 aromatic carbocycles. The van der Waals surface area contributed by atoms with Gasteiger partial charge in [0.05, 0.1) is 18.8 Å². The molecule has 0 saturated carbocycles. The number of benzene rings is 1. The quantitative estimate of drug-likeness (QED) is 0.901. The molecular weight excluding hydrogens is 261 g/mol. The van der Waals surface area contributed by atoms with E-state index in [-0.39, 0.29) is 6.61 Å². The number of halogens is 2. The molecule has 0 fully saturated rings. The molecule has 2 rings (SSSR count). The van der Waals surface area contributed by atoms with Crippen molar-refractivity contribution in [2.45, 2.75) is 6.54 Å². The average Bonchev–Trinajstić information content (AvgIpc) is 2.60. The van der Waals surface area contributed by atoms with Crippen molar-refractivity contribution in [1.29, 1.82) is 0 Å². The van der Waals surface area contributed by atoms with E-state index in [1.165, 1.54) is 4.68 Å². The Morgan fingerprint density at radius 2 is 1.82 bits per heavy atom. The molecule has 0 saturated heterocycles. The molecule has 1 heterocycles. The molecule has 0 radical (unpaired) electrons. The van der Waals surface area contributed by atoms with E-state index < -0.39 is 0 Å². The number of aromatic nitrogens is 2. The Hall–Kier alpha value is -1.23. The molecule has 0 amide bonds. The van der Waals surface area contributed by atoms with E-state index in [9.17, 15) is 0 Å². The predicted octanol–water partition coefficient (Wildman–Crippen LogP) is 2.43. The predicted molar refractivity (Wildman–Crippen MR) is 69.2 cm³/mol. The van der Waals surface area contributed by atoms with Gasteiger partial charge < -0.3 is 10.8 Å². The lowest BCUT2D eigenvalue weighted by Crippen LogP contribution is -2.07. The molecule has 1 aromatic heterocycles. The summed E-state index contributed by atoms with van der Waals surface area (Å²) in [4.78, 5) is 0. The number of aliphatic hydroxyl groups excluding tert-OH is 1. The van der Waals surface area contributed by atoms with E-state index in [1.807, 2.05) is 0 Å². The molecule has 2 aromatic rings. The Morgan fingerprint density at radius 1 is 1.18 bits per heavy atom. The van der Waals surface area contributed by atoms with Crippen molar-refractivity contribution in [3.63, 3.8) is 0 Å². The minimum absolute atomic E-state index is 0.0123. The number of hydrogen-bond donors (Lipinski definition) is 2. The van der Waals surface area contributed by atoms with E-state index in [0.29, 0.717) is 28.1 Å². The number of nitrogens with two attached hydrogens (primary N) is 1. The lowest BCUT2D eigenvalue weighted by atomic mass is 10.1. The zero-order chi connectivity index (χ0) is 12.4.